The Bertz CT molecular complexity index is 648. The molecule has 29 heavy (non-hydrogen) atoms. The molecule has 164 valence electrons. The van der Waals surface area contributed by atoms with Crippen LogP contribution in [0.4, 0.5) is 0 Å². The summed E-state index contributed by atoms with van der Waals surface area (Å²) < 4.78 is 0. The Balaban J connectivity index is 1.46. The van der Waals surface area contributed by atoms with Gasteiger partial charge in [-0.1, -0.05) is 33.1 Å². The summed E-state index contributed by atoms with van der Waals surface area (Å²) in [6.07, 6.45) is 14.4. The highest BCUT2D eigenvalue weighted by Gasteiger charge is 2.60. The van der Waals surface area contributed by atoms with Gasteiger partial charge in [-0.15, -0.1) is 0 Å². The molecule has 0 aromatic heterocycles. The molecule has 1 amide bonds. The van der Waals surface area contributed by atoms with E-state index in [0.29, 0.717) is 17.4 Å². The van der Waals surface area contributed by atoms with Crippen LogP contribution in [0.3, 0.4) is 0 Å². The quantitative estimate of drug-likeness (QED) is 0.596. The molecule has 0 aromatic rings. The molecule has 0 bridgehead atoms. The lowest BCUT2D eigenvalue weighted by Gasteiger charge is -2.62. The number of rotatable bonds is 6. The van der Waals surface area contributed by atoms with Gasteiger partial charge in [0.15, 0.2) is 0 Å². The lowest BCUT2D eigenvalue weighted by molar-refractivity contribution is -0.166. The van der Waals surface area contributed by atoms with Gasteiger partial charge in [0, 0.05) is 25.4 Å². The molecule has 1 N–H and O–H groups in total. The van der Waals surface area contributed by atoms with Gasteiger partial charge in [-0.25, -0.2) is 0 Å². The van der Waals surface area contributed by atoms with Gasteiger partial charge in [-0.05, 0) is 86.4 Å². The standard InChI is InChI=1S/C25H41NO3/c1-24-14-7-9-19(24)18-11-12-21-25(2,20(18)13-15-24)16-17(23(29)26(21)3)8-5-4-6-10-22(27)28/h17-21H,4-16H2,1-3H3,(H,27,28)/t17?,18-,19-,20+,21?,24-,25+/m0/s1. The molecule has 2 unspecified atom stereocenters. The maximum Gasteiger partial charge on any atom is 0.303 e. The topological polar surface area (TPSA) is 57.6 Å². The summed E-state index contributed by atoms with van der Waals surface area (Å²) in [6, 6.07) is 0.422. The number of likely N-dealkylation sites (tertiary alicyclic amines) is 1. The molecule has 1 heterocycles. The summed E-state index contributed by atoms with van der Waals surface area (Å²) in [5.74, 6) is 2.35. The molecule has 7 atom stereocenters. The smallest absolute Gasteiger partial charge is 0.303 e. The number of amides is 1. The Kier molecular flexibility index (Phi) is 5.76. The first-order valence-electron chi connectivity index (χ1n) is 12.2. The second-order valence-corrected chi connectivity index (χ2v) is 11.4. The predicted octanol–water partition coefficient (Wildman–Crippen LogP) is 5.50. The average molecular weight is 404 g/mol. The van der Waals surface area contributed by atoms with Crippen molar-refractivity contribution in [1.29, 1.82) is 0 Å². The lowest BCUT2D eigenvalue weighted by atomic mass is 9.47. The van der Waals surface area contributed by atoms with Crippen molar-refractivity contribution in [2.24, 2.45) is 34.5 Å². The molecule has 1 saturated heterocycles. The number of aliphatic carboxylic acids is 1. The van der Waals surface area contributed by atoms with Gasteiger partial charge in [-0.3, -0.25) is 9.59 Å². The Morgan fingerprint density at radius 1 is 1.07 bits per heavy atom. The highest BCUT2D eigenvalue weighted by molar-refractivity contribution is 5.80. The highest BCUT2D eigenvalue weighted by atomic mass is 16.4. The van der Waals surface area contributed by atoms with E-state index < -0.39 is 5.97 Å². The van der Waals surface area contributed by atoms with E-state index in [9.17, 15) is 9.59 Å². The predicted molar refractivity (Wildman–Crippen MR) is 114 cm³/mol. The van der Waals surface area contributed by atoms with Gasteiger partial charge in [0.1, 0.15) is 0 Å². The first kappa shape index (κ1) is 21.2. The highest BCUT2D eigenvalue weighted by Crippen LogP contribution is 2.65. The molecule has 4 heteroatoms. The molecule has 4 aliphatic rings. The van der Waals surface area contributed by atoms with E-state index in [4.69, 9.17) is 5.11 Å². The molecule has 0 spiro atoms. The van der Waals surface area contributed by atoms with Crippen molar-refractivity contribution in [2.45, 2.75) is 103 Å². The van der Waals surface area contributed by atoms with Crippen LogP contribution in [-0.2, 0) is 9.59 Å². The summed E-state index contributed by atoms with van der Waals surface area (Å²) in [5.41, 5.74) is 0.853. The summed E-state index contributed by atoms with van der Waals surface area (Å²) in [6.45, 7) is 5.08. The number of hydrogen-bond donors (Lipinski definition) is 1. The molecular formula is C25H41NO3. The number of carboxylic acids is 1. The summed E-state index contributed by atoms with van der Waals surface area (Å²) in [4.78, 5) is 26.0. The zero-order chi connectivity index (χ0) is 20.8. The van der Waals surface area contributed by atoms with E-state index in [2.05, 4.69) is 25.8 Å². The molecule has 3 aliphatic carbocycles. The van der Waals surface area contributed by atoms with E-state index in [1.165, 1.54) is 44.9 Å². The molecule has 4 nitrogen and oxygen atoms in total. The second kappa shape index (κ2) is 7.89. The molecule has 1 aliphatic heterocycles. The number of nitrogens with zero attached hydrogens (tertiary/aromatic N) is 1. The summed E-state index contributed by atoms with van der Waals surface area (Å²) in [7, 11) is 2.06. The van der Waals surface area contributed by atoms with E-state index in [1.54, 1.807) is 0 Å². The van der Waals surface area contributed by atoms with Crippen molar-refractivity contribution in [1.82, 2.24) is 4.90 Å². The molecule has 4 rings (SSSR count). The summed E-state index contributed by atoms with van der Waals surface area (Å²) in [5, 5.41) is 8.83. The van der Waals surface area contributed by atoms with E-state index in [1.807, 2.05) is 0 Å². The first-order valence-corrected chi connectivity index (χ1v) is 12.2. The molecule has 4 fully saturated rings. The van der Waals surface area contributed by atoms with Gasteiger partial charge in [0.05, 0.1) is 0 Å². The van der Waals surface area contributed by atoms with Crippen molar-refractivity contribution in [3.63, 3.8) is 0 Å². The van der Waals surface area contributed by atoms with Crippen LogP contribution in [0.5, 0.6) is 0 Å². The molecular weight excluding hydrogens is 362 g/mol. The lowest BCUT2D eigenvalue weighted by Crippen LogP contribution is -2.63. The number of piperidine rings is 1. The SMILES string of the molecule is CN1C(=O)C(CCCCCC(=O)O)C[C@@]2(C)C1CC[C@@H]1[C@H]2CC[C@]2(C)CCC[C@@H]12. The minimum atomic E-state index is -0.710. The second-order valence-electron chi connectivity index (χ2n) is 11.4. The minimum absolute atomic E-state index is 0.140. The third-order valence-electron chi connectivity index (χ3n) is 9.89. The fourth-order valence-corrected chi connectivity index (χ4v) is 8.48. The van der Waals surface area contributed by atoms with Crippen LogP contribution >= 0.6 is 0 Å². The molecule has 0 aromatic carbocycles. The number of fused-ring (bicyclic) bond motifs is 5. The van der Waals surface area contributed by atoms with Crippen molar-refractivity contribution in [3.05, 3.63) is 0 Å². The number of carbonyl (C=O) groups excluding carboxylic acids is 1. The number of unbranched alkanes of at least 4 members (excludes halogenated alkanes) is 2. The van der Waals surface area contributed by atoms with Crippen LogP contribution in [0, 0.1) is 34.5 Å². The zero-order valence-electron chi connectivity index (χ0n) is 18.8. The van der Waals surface area contributed by atoms with Crippen LogP contribution in [0.2, 0.25) is 0 Å². The Labute approximate surface area is 176 Å². The van der Waals surface area contributed by atoms with E-state index >= 15 is 0 Å². The van der Waals surface area contributed by atoms with Crippen LogP contribution < -0.4 is 0 Å². The molecule has 0 radical (unpaired) electrons. The third-order valence-corrected chi connectivity index (χ3v) is 9.89. The van der Waals surface area contributed by atoms with Crippen molar-refractivity contribution in [2.75, 3.05) is 7.05 Å². The van der Waals surface area contributed by atoms with Crippen molar-refractivity contribution < 1.29 is 14.7 Å². The number of carboxylic acid groups (broad SMARTS) is 1. The maximum absolute atomic E-state index is 13.1. The Morgan fingerprint density at radius 3 is 2.62 bits per heavy atom. The van der Waals surface area contributed by atoms with E-state index in [0.717, 1.165) is 49.9 Å². The fourth-order valence-electron chi connectivity index (χ4n) is 8.48. The average Bonchev–Trinajstić information content (AvgIpc) is 3.07. The van der Waals surface area contributed by atoms with Crippen LogP contribution in [-0.4, -0.2) is 35.0 Å². The molecule has 3 saturated carbocycles. The van der Waals surface area contributed by atoms with Gasteiger partial charge < -0.3 is 10.0 Å². The van der Waals surface area contributed by atoms with Gasteiger partial charge >= 0.3 is 5.97 Å². The first-order chi connectivity index (χ1) is 13.8. The Hall–Kier alpha value is -1.06. The van der Waals surface area contributed by atoms with Crippen molar-refractivity contribution >= 4 is 11.9 Å². The van der Waals surface area contributed by atoms with Gasteiger partial charge in [-0.2, -0.15) is 0 Å². The summed E-state index contributed by atoms with van der Waals surface area (Å²) >= 11 is 0. The van der Waals surface area contributed by atoms with Crippen LogP contribution in [0.15, 0.2) is 0 Å². The third kappa shape index (κ3) is 3.63. The number of carbonyl (C=O) groups is 2. The van der Waals surface area contributed by atoms with Crippen LogP contribution in [0.25, 0.3) is 0 Å². The monoisotopic (exact) mass is 403 g/mol. The maximum atomic E-state index is 13.1. The zero-order valence-corrected chi connectivity index (χ0v) is 18.8. The van der Waals surface area contributed by atoms with Gasteiger partial charge in [0.25, 0.3) is 0 Å². The minimum Gasteiger partial charge on any atom is -0.481 e. The number of hydrogen-bond acceptors (Lipinski definition) is 2. The van der Waals surface area contributed by atoms with E-state index in [-0.39, 0.29) is 17.8 Å². The Morgan fingerprint density at radius 2 is 1.86 bits per heavy atom. The largest absolute Gasteiger partial charge is 0.481 e. The fraction of sp³-hybridized carbons (Fsp3) is 0.920. The van der Waals surface area contributed by atoms with Crippen molar-refractivity contribution in [3.8, 4) is 0 Å². The van der Waals surface area contributed by atoms with Gasteiger partial charge in [0.2, 0.25) is 5.91 Å². The normalized spacial score (nSPS) is 44.2. The van der Waals surface area contributed by atoms with Crippen LogP contribution in [0.1, 0.15) is 97.3 Å².